The van der Waals surface area contributed by atoms with Gasteiger partial charge >= 0.3 is 12.0 Å². The standard InChI is InChI=1S/C13H21N3O3/c1-9(7-14)8-16(2)13(19)15-11-6-4-3-5-10(11)12(17)18/h9-11H,3-6,8H2,1-2H3,(H,15,19)(H,17,18). The average molecular weight is 267 g/mol. The Morgan fingerprint density at radius 1 is 1.47 bits per heavy atom. The quantitative estimate of drug-likeness (QED) is 0.805. The minimum absolute atomic E-state index is 0.239. The Kier molecular flexibility index (Phi) is 5.61. The third-order valence-corrected chi connectivity index (χ3v) is 3.51. The minimum atomic E-state index is -0.849. The summed E-state index contributed by atoms with van der Waals surface area (Å²) < 4.78 is 0. The van der Waals surface area contributed by atoms with Crippen molar-refractivity contribution < 1.29 is 14.7 Å². The summed E-state index contributed by atoms with van der Waals surface area (Å²) in [4.78, 5) is 24.5. The molecule has 1 fully saturated rings. The van der Waals surface area contributed by atoms with Crippen LogP contribution in [0.15, 0.2) is 0 Å². The van der Waals surface area contributed by atoms with Crippen molar-refractivity contribution in [3.63, 3.8) is 0 Å². The van der Waals surface area contributed by atoms with Gasteiger partial charge in [0, 0.05) is 19.6 Å². The summed E-state index contributed by atoms with van der Waals surface area (Å²) in [6.07, 6.45) is 3.14. The van der Waals surface area contributed by atoms with E-state index in [-0.39, 0.29) is 18.0 Å². The summed E-state index contributed by atoms with van der Waals surface area (Å²) in [5.41, 5.74) is 0. The highest BCUT2D eigenvalue weighted by molar-refractivity contribution is 5.76. The maximum Gasteiger partial charge on any atom is 0.317 e. The molecule has 1 aliphatic rings. The Hall–Kier alpha value is -1.77. The van der Waals surface area contributed by atoms with Gasteiger partial charge in [0.1, 0.15) is 0 Å². The van der Waals surface area contributed by atoms with Gasteiger partial charge < -0.3 is 15.3 Å². The lowest BCUT2D eigenvalue weighted by Gasteiger charge is -2.31. The number of carbonyl (C=O) groups excluding carboxylic acids is 1. The van der Waals surface area contributed by atoms with E-state index in [9.17, 15) is 9.59 Å². The molecule has 1 saturated carbocycles. The van der Waals surface area contributed by atoms with E-state index in [1.54, 1.807) is 14.0 Å². The molecule has 3 atom stereocenters. The number of carbonyl (C=O) groups is 2. The second-order valence-electron chi connectivity index (χ2n) is 5.20. The van der Waals surface area contributed by atoms with Crippen LogP contribution in [-0.2, 0) is 4.79 Å². The molecule has 0 aromatic carbocycles. The van der Waals surface area contributed by atoms with Gasteiger partial charge in [-0.3, -0.25) is 4.79 Å². The van der Waals surface area contributed by atoms with Crippen LogP contribution < -0.4 is 5.32 Å². The van der Waals surface area contributed by atoms with Crippen molar-refractivity contribution in [2.75, 3.05) is 13.6 Å². The summed E-state index contributed by atoms with van der Waals surface area (Å²) in [6.45, 7) is 2.08. The van der Waals surface area contributed by atoms with Crippen LogP contribution in [0.1, 0.15) is 32.6 Å². The molecular weight excluding hydrogens is 246 g/mol. The van der Waals surface area contributed by atoms with E-state index in [1.807, 2.05) is 0 Å². The predicted octanol–water partition coefficient (Wildman–Crippen LogP) is 1.43. The molecule has 0 radical (unpaired) electrons. The zero-order valence-corrected chi connectivity index (χ0v) is 11.4. The number of nitrogens with one attached hydrogen (secondary N) is 1. The summed E-state index contributed by atoms with van der Waals surface area (Å²) >= 11 is 0. The molecule has 19 heavy (non-hydrogen) atoms. The van der Waals surface area contributed by atoms with Gasteiger partial charge in [0.15, 0.2) is 0 Å². The van der Waals surface area contributed by atoms with E-state index in [0.29, 0.717) is 19.4 Å². The van der Waals surface area contributed by atoms with E-state index < -0.39 is 11.9 Å². The smallest absolute Gasteiger partial charge is 0.317 e. The van der Waals surface area contributed by atoms with Crippen molar-refractivity contribution in [2.24, 2.45) is 11.8 Å². The Morgan fingerprint density at radius 3 is 2.68 bits per heavy atom. The zero-order chi connectivity index (χ0) is 14.4. The number of nitrogens with zero attached hydrogens (tertiary/aromatic N) is 2. The van der Waals surface area contributed by atoms with E-state index in [1.165, 1.54) is 4.90 Å². The number of hydrogen-bond acceptors (Lipinski definition) is 3. The number of carboxylic acids is 1. The third-order valence-electron chi connectivity index (χ3n) is 3.51. The molecule has 2 amide bonds. The van der Waals surface area contributed by atoms with Crippen molar-refractivity contribution in [1.82, 2.24) is 10.2 Å². The largest absolute Gasteiger partial charge is 0.481 e. The lowest BCUT2D eigenvalue weighted by Crippen LogP contribution is -2.49. The SMILES string of the molecule is CC(C#N)CN(C)C(=O)NC1CCCCC1C(=O)O. The summed E-state index contributed by atoms with van der Waals surface area (Å²) in [6, 6.07) is 1.45. The predicted molar refractivity (Wildman–Crippen MR) is 69.3 cm³/mol. The Balaban J connectivity index is 2.54. The van der Waals surface area contributed by atoms with Crippen LogP contribution in [0.2, 0.25) is 0 Å². The number of amides is 2. The molecule has 0 spiro atoms. The number of rotatable bonds is 4. The number of aliphatic carboxylic acids is 1. The number of carboxylic acid groups (broad SMARTS) is 1. The Bertz CT molecular complexity index is 378. The second-order valence-corrected chi connectivity index (χ2v) is 5.20. The first-order valence-electron chi connectivity index (χ1n) is 6.59. The first kappa shape index (κ1) is 15.3. The van der Waals surface area contributed by atoms with Crippen molar-refractivity contribution in [1.29, 1.82) is 5.26 Å². The number of urea groups is 1. The molecule has 0 bridgehead atoms. The summed E-state index contributed by atoms with van der Waals surface area (Å²) in [7, 11) is 1.61. The maximum atomic E-state index is 11.9. The lowest BCUT2D eigenvalue weighted by molar-refractivity contribution is -0.143. The highest BCUT2D eigenvalue weighted by Crippen LogP contribution is 2.24. The Morgan fingerprint density at radius 2 is 2.11 bits per heavy atom. The zero-order valence-electron chi connectivity index (χ0n) is 11.4. The Labute approximate surface area is 113 Å². The fourth-order valence-corrected chi connectivity index (χ4v) is 2.40. The van der Waals surface area contributed by atoms with E-state index in [2.05, 4.69) is 11.4 Å². The molecule has 6 nitrogen and oxygen atoms in total. The maximum absolute atomic E-state index is 11.9. The van der Waals surface area contributed by atoms with Crippen molar-refractivity contribution in [2.45, 2.75) is 38.6 Å². The molecule has 1 rings (SSSR count). The van der Waals surface area contributed by atoms with Gasteiger partial charge in [0.25, 0.3) is 0 Å². The molecule has 0 aliphatic heterocycles. The number of nitriles is 1. The number of hydrogen-bond donors (Lipinski definition) is 2. The molecule has 3 unspecified atom stereocenters. The molecule has 0 saturated heterocycles. The normalized spacial score (nSPS) is 24.1. The van der Waals surface area contributed by atoms with Crippen LogP contribution in [-0.4, -0.2) is 41.6 Å². The van der Waals surface area contributed by atoms with E-state index >= 15 is 0 Å². The van der Waals surface area contributed by atoms with Gasteiger partial charge in [-0.25, -0.2) is 4.79 Å². The fourth-order valence-electron chi connectivity index (χ4n) is 2.40. The van der Waals surface area contributed by atoms with E-state index in [0.717, 1.165) is 12.8 Å². The van der Waals surface area contributed by atoms with Crippen LogP contribution in [0.3, 0.4) is 0 Å². The van der Waals surface area contributed by atoms with Gasteiger partial charge in [0.05, 0.1) is 17.9 Å². The first-order chi connectivity index (χ1) is 8.95. The van der Waals surface area contributed by atoms with Gasteiger partial charge in [0.2, 0.25) is 0 Å². The topological polar surface area (TPSA) is 93.4 Å². The minimum Gasteiger partial charge on any atom is -0.481 e. The van der Waals surface area contributed by atoms with Crippen LogP contribution in [0.5, 0.6) is 0 Å². The first-order valence-corrected chi connectivity index (χ1v) is 6.59. The van der Waals surface area contributed by atoms with Crippen LogP contribution in [0.25, 0.3) is 0 Å². The third kappa shape index (κ3) is 4.43. The van der Waals surface area contributed by atoms with Crippen molar-refractivity contribution in [3.05, 3.63) is 0 Å². The molecule has 0 aromatic heterocycles. The van der Waals surface area contributed by atoms with Gasteiger partial charge in [-0.15, -0.1) is 0 Å². The molecule has 106 valence electrons. The fraction of sp³-hybridized carbons (Fsp3) is 0.769. The summed E-state index contributed by atoms with van der Waals surface area (Å²) in [5, 5.41) is 20.6. The highest BCUT2D eigenvalue weighted by Gasteiger charge is 2.32. The average Bonchev–Trinajstić information content (AvgIpc) is 2.38. The highest BCUT2D eigenvalue weighted by atomic mass is 16.4. The second kappa shape index (κ2) is 6.98. The van der Waals surface area contributed by atoms with Crippen molar-refractivity contribution in [3.8, 4) is 6.07 Å². The molecule has 1 aliphatic carbocycles. The molecule has 2 N–H and O–H groups in total. The van der Waals surface area contributed by atoms with E-state index in [4.69, 9.17) is 10.4 Å². The molecular formula is C13H21N3O3. The van der Waals surface area contributed by atoms with Gasteiger partial charge in [-0.2, -0.15) is 5.26 Å². The van der Waals surface area contributed by atoms with Gasteiger partial charge in [-0.05, 0) is 19.8 Å². The lowest BCUT2D eigenvalue weighted by atomic mass is 9.84. The van der Waals surface area contributed by atoms with Crippen LogP contribution in [0, 0.1) is 23.2 Å². The van der Waals surface area contributed by atoms with Crippen LogP contribution >= 0.6 is 0 Å². The molecule has 0 aromatic rings. The van der Waals surface area contributed by atoms with Crippen molar-refractivity contribution >= 4 is 12.0 Å². The summed E-state index contributed by atoms with van der Waals surface area (Å²) in [5.74, 6) is -1.59. The van der Waals surface area contributed by atoms with Gasteiger partial charge in [-0.1, -0.05) is 12.8 Å². The monoisotopic (exact) mass is 267 g/mol. The molecule has 0 heterocycles. The van der Waals surface area contributed by atoms with Crippen LogP contribution in [0.4, 0.5) is 4.79 Å². The molecule has 6 heteroatoms.